The lowest BCUT2D eigenvalue weighted by Crippen LogP contribution is -2.63. The number of halogens is 2. The third-order valence-corrected chi connectivity index (χ3v) is 7.60. The molecule has 11 heteroatoms. The van der Waals surface area contributed by atoms with Crippen LogP contribution in [0.1, 0.15) is 44.9 Å². The average molecular weight is 579 g/mol. The summed E-state index contributed by atoms with van der Waals surface area (Å²) in [6, 6.07) is 3.00. The Hall–Kier alpha value is -4.18. The molecular formula is C30H30ClFN6O3. The SMILES string of the molecule is [2H]C([2H])(n1c(=O)c(=O)n(-c2c(C)ccnc2C(C)C)c2nc(-c3cncc(C)c3C)c(Cl)cc21)C1(F)CN(C(=O)C=C)C1. The molecule has 41 heavy (non-hydrogen) atoms. The molecule has 0 unspecified atom stereocenters. The summed E-state index contributed by atoms with van der Waals surface area (Å²) in [6.45, 7) is 8.28. The molecule has 0 saturated carbocycles. The summed E-state index contributed by atoms with van der Waals surface area (Å²) in [5.74, 6) is -0.750. The van der Waals surface area contributed by atoms with Crippen LogP contribution in [0.25, 0.3) is 28.1 Å². The van der Waals surface area contributed by atoms with Crippen LogP contribution in [0, 0.1) is 20.8 Å². The lowest BCUT2D eigenvalue weighted by atomic mass is 9.95. The van der Waals surface area contributed by atoms with Gasteiger partial charge in [0.2, 0.25) is 5.91 Å². The van der Waals surface area contributed by atoms with Gasteiger partial charge in [-0.05, 0) is 61.6 Å². The normalized spacial score (nSPS) is 15.5. The molecule has 1 aliphatic heterocycles. The fourth-order valence-electron chi connectivity index (χ4n) is 4.97. The molecule has 1 saturated heterocycles. The first-order valence-electron chi connectivity index (χ1n) is 14.0. The summed E-state index contributed by atoms with van der Waals surface area (Å²) in [5.41, 5.74) is -1.53. The van der Waals surface area contributed by atoms with Gasteiger partial charge in [-0.15, -0.1) is 0 Å². The molecular weight excluding hydrogens is 547 g/mol. The van der Waals surface area contributed by atoms with Crippen molar-refractivity contribution in [3.05, 3.63) is 91.5 Å². The van der Waals surface area contributed by atoms with E-state index in [1.165, 1.54) is 6.07 Å². The van der Waals surface area contributed by atoms with E-state index in [2.05, 4.69) is 16.5 Å². The molecule has 212 valence electrons. The van der Waals surface area contributed by atoms with E-state index in [0.717, 1.165) is 26.7 Å². The fraction of sp³-hybridized carbons (Fsp3) is 0.333. The Morgan fingerprint density at radius 1 is 1.22 bits per heavy atom. The second kappa shape index (κ2) is 10.3. The van der Waals surface area contributed by atoms with E-state index in [9.17, 15) is 14.4 Å². The number of hydrogen-bond acceptors (Lipinski definition) is 6. The van der Waals surface area contributed by atoms with Crippen molar-refractivity contribution in [1.29, 1.82) is 0 Å². The van der Waals surface area contributed by atoms with Crippen molar-refractivity contribution in [2.24, 2.45) is 0 Å². The number of pyridine rings is 3. The van der Waals surface area contributed by atoms with Crippen LogP contribution in [0.2, 0.25) is 5.02 Å². The maximum atomic E-state index is 16.2. The van der Waals surface area contributed by atoms with E-state index < -0.39 is 42.3 Å². The zero-order valence-electron chi connectivity index (χ0n) is 25.3. The topological polar surface area (TPSA) is 103 Å². The molecule has 0 aliphatic carbocycles. The van der Waals surface area contributed by atoms with Crippen LogP contribution in [0.15, 0.2) is 53.0 Å². The van der Waals surface area contributed by atoms with E-state index in [4.69, 9.17) is 19.3 Å². The molecule has 5 heterocycles. The maximum absolute atomic E-state index is 16.2. The largest absolute Gasteiger partial charge is 0.332 e. The molecule has 0 spiro atoms. The summed E-state index contributed by atoms with van der Waals surface area (Å²) in [5, 5.41) is 0.0362. The molecule has 0 bridgehead atoms. The van der Waals surface area contributed by atoms with Gasteiger partial charge in [-0.1, -0.05) is 32.0 Å². The van der Waals surface area contributed by atoms with Crippen molar-refractivity contribution in [2.75, 3.05) is 13.1 Å². The van der Waals surface area contributed by atoms with Gasteiger partial charge >= 0.3 is 11.1 Å². The minimum atomic E-state index is -3.07. The quantitative estimate of drug-likeness (QED) is 0.247. The molecule has 1 amide bonds. The van der Waals surface area contributed by atoms with Gasteiger partial charge in [0.1, 0.15) is 0 Å². The fourth-order valence-corrected chi connectivity index (χ4v) is 5.22. The van der Waals surface area contributed by atoms with Crippen LogP contribution in [0.4, 0.5) is 4.39 Å². The van der Waals surface area contributed by atoms with E-state index in [0.29, 0.717) is 27.1 Å². The van der Waals surface area contributed by atoms with Crippen molar-refractivity contribution >= 4 is 28.7 Å². The van der Waals surface area contributed by atoms with Crippen LogP contribution in [-0.4, -0.2) is 53.7 Å². The number of carbonyl (C=O) groups is 1. The molecule has 0 atom stereocenters. The van der Waals surface area contributed by atoms with Gasteiger partial charge in [0, 0.05) is 24.2 Å². The van der Waals surface area contributed by atoms with E-state index in [-0.39, 0.29) is 27.8 Å². The lowest BCUT2D eigenvalue weighted by molar-refractivity contribution is -0.141. The Morgan fingerprint density at radius 2 is 1.93 bits per heavy atom. The van der Waals surface area contributed by atoms with Gasteiger partial charge in [-0.2, -0.15) is 0 Å². The van der Waals surface area contributed by atoms with Crippen molar-refractivity contribution in [3.8, 4) is 16.9 Å². The number of hydrogen-bond donors (Lipinski definition) is 0. The predicted octanol–water partition coefficient (Wildman–Crippen LogP) is 4.44. The van der Waals surface area contributed by atoms with Crippen LogP contribution in [-0.2, 0) is 11.3 Å². The third-order valence-electron chi connectivity index (χ3n) is 7.31. The second-order valence-electron chi connectivity index (χ2n) is 10.6. The highest BCUT2D eigenvalue weighted by Gasteiger charge is 2.46. The Morgan fingerprint density at radius 3 is 2.59 bits per heavy atom. The molecule has 0 N–H and O–H groups in total. The minimum Gasteiger partial charge on any atom is -0.332 e. The third kappa shape index (κ3) is 4.76. The number of carbonyl (C=O) groups excluding carboxylic acids is 1. The average Bonchev–Trinajstić information content (AvgIpc) is 2.93. The second-order valence-corrected chi connectivity index (χ2v) is 11.0. The smallest absolute Gasteiger partial charge is 0.322 e. The predicted molar refractivity (Wildman–Crippen MR) is 157 cm³/mol. The molecule has 5 rings (SSSR count). The van der Waals surface area contributed by atoms with Gasteiger partial charge < -0.3 is 4.90 Å². The number of likely N-dealkylation sites (tertiary alicyclic amines) is 1. The molecule has 4 aromatic heterocycles. The summed E-state index contributed by atoms with van der Waals surface area (Å²) in [6.07, 6.45) is 5.85. The van der Waals surface area contributed by atoms with E-state index in [1.54, 1.807) is 31.6 Å². The lowest BCUT2D eigenvalue weighted by Gasteiger charge is -2.44. The van der Waals surface area contributed by atoms with E-state index in [1.807, 2.05) is 27.7 Å². The maximum Gasteiger partial charge on any atom is 0.322 e. The van der Waals surface area contributed by atoms with Crippen LogP contribution in [0.5, 0.6) is 0 Å². The number of amides is 1. The van der Waals surface area contributed by atoms with Crippen LogP contribution in [0.3, 0.4) is 0 Å². The zero-order chi connectivity index (χ0) is 31.6. The Balaban J connectivity index is 1.92. The molecule has 4 aromatic rings. The minimum absolute atomic E-state index is 0.0362. The molecule has 0 aromatic carbocycles. The van der Waals surface area contributed by atoms with Crippen molar-refractivity contribution in [3.63, 3.8) is 0 Å². The Kier molecular flexibility index (Phi) is 6.50. The number of aryl methyl sites for hydroxylation is 2. The monoisotopic (exact) mass is 578 g/mol. The number of fused-ring (bicyclic) bond motifs is 1. The number of alkyl halides is 1. The van der Waals surface area contributed by atoms with Crippen molar-refractivity contribution in [2.45, 2.75) is 52.7 Å². The molecule has 9 nitrogen and oxygen atoms in total. The van der Waals surface area contributed by atoms with Gasteiger partial charge in [0.25, 0.3) is 0 Å². The van der Waals surface area contributed by atoms with Crippen LogP contribution >= 0.6 is 11.6 Å². The highest BCUT2D eigenvalue weighted by atomic mass is 35.5. The number of aromatic nitrogens is 5. The summed E-state index contributed by atoms with van der Waals surface area (Å²) < 4.78 is 35.5. The van der Waals surface area contributed by atoms with Gasteiger partial charge in [0.15, 0.2) is 11.3 Å². The van der Waals surface area contributed by atoms with Gasteiger partial charge in [0.05, 0.1) is 49.9 Å². The highest BCUT2D eigenvalue weighted by molar-refractivity contribution is 6.33. The molecule has 0 radical (unpaired) electrons. The van der Waals surface area contributed by atoms with E-state index >= 15 is 4.39 Å². The first-order chi connectivity index (χ1) is 20.1. The first kappa shape index (κ1) is 25.8. The first-order valence-corrected chi connectivity index (χ1v) is 13.4. The van der Waals surface area contributed by atoms with Gasteiger partial charge in [-0.3, -0.25) is 33.5 Å². The van der Waals surface area contributed by atoms with Crippen molar-refractivity contribution < 1.29 is 11.9 Å². The number of nitrogens with zero attached hydrogens (tertiary/aromatic N) is 6. The van der Waals surface area contributed by atoms with Crippen LogP contribution < -0.4 is 11.1 Å². The summed E-state index contributed by atoms with van der Waals surface area (Å²) >= 11 is 6.75. The number of rotatable bonds is 6. The summed E-state index contributed by atoms with van der Waals surface area (Å²) in [4.78, 5) is 54.5. The zero-order valence-corrected chi connectivity index (χ0v) is 24.1. The summed E-state index contributed by atoms with van der Waals surface area (Å²) in [7, 11) is 0. The Labute approximate surface area is 243 Å². The van der Waals surface area contributed by atoms with Crippen molar-refractivity contribution in [1.82, 2.24) is 29.0 Å². The highest BCUT2D eigenvalue weighted by Crippen LogP contribution is 2.34. The molecule has 1 aliphatic rings. The molecule has 1 fully saturated rings. The standard InChI is InChI=1S/C30H30ClFN6O3/c1-7-23(39)36-13-30(32,14-36)15-37-22-10-21(31)25(20-12-33-11-18(5)19(20)6)35-27(22)38(29(41)28(37)40)26-17(4)8-9-34-24(26)16(2)3/h7-12,16H,1,13-15H2,2-6H3/i15D2. The Bertz CT molecular complexity index is 1950. The van der Waals surface area contributed by atoms with Gasteiger partial charge in [-0.25, -0.2) is 9.37 Å².